The normalized spacial score (nSPS) is 17.6. The van der Waals surface area contributed by atoms with Crippen molar-refractivity contribution in [2.24, 2.45) is 0 Å². The molecule has 1 aliphatic rings. The third-order valence-corrected chi connectivity index (χ3v) is 3.30. The SMILES string of the molecule is Cc1nc2ccc(C(=O)O)cc2c2c1C[C@@H](C)O2. The van der Waals surface area contributed by atoms with E-state index >= 15 is 0 Å². The second kappa shape index (κ2) is 3.70. The molecule has 0 fully saturated rings. The number of carboxylic acid groups (broad SMARTS) is 1. The number of pyridine rings is 1. The summed E-state index contributed by atoms with van der Waals surface area (Å²) in [6.07, 6.45) is 0.959. The fraction of sp³-hybridized carbons (Fsp3) is 0.286. The van der Waals surface area contributed by atoms with Gasteiger partial charge in [-0.3, -0.25) is 4.98 Å². The molecule has 1 aliphatic heterocycles. The van der Waals surface area contributed by atoms with E-state index in [-0.39, 0.29) is 11.7 Å². The molecule has 0 unspecified atom stereocenters. The number of nitrogens with zero attached hydrogens (tertiary/aromatic N) is 1. The first-order valence-corrected chi connectivity index (χ1v) is 5.89. The number of carbonyl (C=O) groups is 1. The van der Waals surface area contributed by atoms with Gasteiger partial charge in [0, 0.05) is 23.1 Å². The van der Waals surface area contributed by atoms with E-state index in [2.05, 4.69) is 4.98 Å². The van der Waals surface area contributed by atoms with E-state index in [9.17, 15) is 4.79 Å². The van der Waals surface area contributed by atoms with E-state index in [0.717, 1.165) is 34.3 Å². The number of aromatic nitrogens is 1. The van der Waals surface area contributed by atoms with Gasteiger partial charge in [0.25, 0.3) is 0 Å². The fourth-order valence-electron chi connectivity index (χ4n) is 2.43. The number of benzene rings is 1. The van der Waals surface area contributed by atoms with E-state index in [4.69, 9.17) is 9.84 Å². The van der Waals surface area contributed by atoms with E-state index in [1.165, 1.54) is 0 Å². The molecule has 1 atom stereocenters. The van der Waals surface area contributed by atoms with Crippen molar-refractivity contribution in [2.75, 3.05) is 0 Å². The Labute approximate surface area is 104 Å². The van der Waals surface area contributed by atoms with Crippen molar-refractivity contribution in [1.82, 2.24) is 4.98 Å². The van der Waals surface area contributed by atoms with Gasteiger partial charge in [-0.25, -0.2) is 4.79 Å². The molecule has 2 heterocycles. The molecule has 0 amide bonds. The van der Waals surface area contributed by atoms with Gasteiger partial charge in [0.15, 0.2) is 0 Å². The Morgan fingerprint density at radius 3 is 3.00 bits per heavy atom. The Morgan fingerprint density at radius 2 is 2.28 bits per heavy atom. The minimum absolute atomic E-state index is 0.125. The lowest BCUT2D eigenvalue weighted by Gasteiger charge is -2.08. The second-order valence-electron chi connectivity index (χ2n) is 4.67. The number of aromatic carboxylic acids is 1. The summed E-state index contributed by atoms with van der Waals surface area (Å²) in [5.74, 6) is -0.134. The van der Waals surface area contributed by atoms with Crippen LogP contribution in [0.25, 0.3) is 10.9 Å². The fourth-order valence-corrected chi connectivity index (χ4v) is 2.43. The van der Waals surface area contributed by atoms with E-state index < -0.39 is 5.97 Å². The summed E-state index contributed by atoms with van der Waals surface area (Å²) in [4.78, 5) is 15.5. The van der Waals surface area contributed by atoms with Gasteiger partial charge in [-0.05, 0) is 32.0 Å². The number of carboxylic acids is 1. The van der Waals surface area contributed by atoms with Gasteiger partial charge in [-0.15, -0.1) is 0 Å². The molecule has 18 heavy (non-hydrogen) atoms. The quantitative estimate of drug-likeness (QED) is 0.836. The van der Waals surface area contributed by atoms with Gasteiger partial charge >= 0.3 is 5.97 Å². The number of hydrogen-bond donors (Lipinski definition) is 1. The molecule has 1 aromatic carbocycles. The minimum Gasteiger partial charge on any atom is -0.489 e. The van der Waals surface area contributed by atoms with Crippen molar-refractivity contribution in [3.8, 4) is 5.75 Å². The number of hydrogen-bond acceptors (Lipinski definition) is 3. The number of aryl methyl sites for hydroxylation is 1. The first-order valence-electron chi connectivity index (χ1n) is 5.89. The second-order valence-corrected chi connectivity index (χ2v) is 4.67. The van der Waals surface area contributed by atoms with Crippen LogP contribution in [0.3, 0.4) is 0 Å². The van der Waals surface area contributed by atoms with Gasteiger partial charge in [-0.1, -0.05) is 0 Å². The largest absolute Gasteiger partial charge is 0.489 e. The Bertz CT molecular complexity index is 664. The first-order chi connectivity index (χ1) is 8.56. The molecular formula is C14H13NO3. The van der Waals surface area contributed by atoms with Crippen LogP contribution in [0.1, 0.15) is 28.5 Å². The lowest BCUT2D eigenvalue weighted by Crippen LogP contribution is -2.05. The summed E-state index contributed by atoms with van der Waals surface area (Å²) in [5.41, 5.74) is 3.10. The summed E-state index contributed by atoms with van der Waals surface area (Å²) in [7, 11) is 0. The monoisotopic (exact) mass is 243 g/mol. The molecule has 0 radical (unpaired) electrons. The molecule has 4 nitrogen and oxygen atoms in total. The van der Waals surface area contributed by atoms with Gasteiger partial charge in [-0.2, -0.15) is 0 Å². The molecule has 0 spiro atoms. The lowest BCUT2D eigenvalue weighted by molar-refractivity contribution is 0.0697. The molecule has 1 N–H and O–H groups in total. The standard InChI is InChI=1S/C14H13NO3/c1-7-5-10-8(2)15-12-4-3-9(14(16)17)6-11(12)13(10)18-7/h3-4,6-7H,5H2,1-2H3,(H,16,17)/t7-/m1/s1. The predicted molar refractivity (Wildman–Crippen MR) is 67.2 cm³/mol. The highest BCUT2D eigenvalue weighted by Gasteiger charge is 2.24. The average Bonchev–Trinajstić information content (AvgIpc) is 2.71. The zero-order valence-electron chi connectivity index (χ0n) is 10.2. The van der Waals surface area contributed by atoms with E-state index in [0.29, 0.717) is 0 Å². The highest BCUT2D eigenvalue weighted by molar-refractivity contribution is 5.96. The third-order valence-electron chi connectivity index (χ3n) is 3.30. The van der Waals surface area contributed by atoms with Crippen LogP contribution in [0.2, 0.25) is 0 Å². The maximum absolute atomic E-state index is 11.0. The van der Waals surface area contributed by atoms with Gasteiger partial charge < -0.3 is 9.84 Å². The highest BCUT2D eigenvalue weighted by atomic mass is 16.5. The van der Waals surface area contributed by atoms with Crippen molar-refractivity contribution in [2.45, 2.75) is 26.4 Å². The molecule has 1 aromatic heterocycles. The van der Waals surface area contributed by atoms with Crippen LogP contribution in [0.4, 0.5) is 0 Å². The Kier molecular flexibility index (Phi) is 2.26. The lowest BCUT2D eigenvalue weighted by atomic mass is 10.0. The van der Waals surface area contributed by atoms with Gasteiger partial charge in [0.05, 0.1) is 11.1 Å². The number of fused-ring (bicyclic) bond motifs is 3. The van der Waals surface area contributed by atoms with E-state index in [1.807, 2.05) is 13.8 Å². The smallest absolute Gasteiger partial charge is 0.335 e. The zero-order chi connectivity index (χ0) is 12.9. The molecule has 0 saturated heterocycles. The topological polar surface area (TPSA) is 59.4 Å². The molecule has 2 aromatic rings. The molecule has 3 rings (SSSR count). The maximum Gasteiger partial charge on any atom is 0.335 e. The third kappa shape index (κ3) is 1.53. The van der Waals surface area contributed by atoms with Crippen LogP contribution in [0.5, 0.6) is 5.75 Å². The molecular weight excluding hydrogens is 230 g/mol. The predicted octanol–water partition coefficient (Wildman–Crippen LogP) is 2.56. The molecule has 4 heteroatoms. The molecule has 92 valence electrons. The molecule has 0 bridgehead atoms. The summed E-state index contributed by atoms with van der Waals surface area (Å²) in [6.45, 7) is 3.97. The summed E-state index contributed by atoms with van der Waals surface area (Å²) in [6, 6.07) is 4.95. The summed E-state index contributed by atoms with van der Waals surface area (Å²) in [5, 5.41) is 9.83. The van der Waals surface area contributed by atoms with Crippen LogP contribution < -0.4 is 4.74 Å². The van der Waals surface area contributed by atoms with Crippen LogP contribution in [-0.2, 0) is 6.42 Å². The van der Waals surface area contributed by atoms with Crippen LogP contribution >= 0.6 is 0 Å². The molecule has 0 aliphatic carbocycles. The van der Waals surface area contributed by atoms with Gasteiger partial charge in [0.1, 0.15) is 11.9 Å². The van der Waals surface area contributed by atoms with Crippen molar-refractivity contribution in [3.05, 3.63) is 35.0 Å². The zero-order valence-corrected chi connectivity index (χ0v) is 10.2. The van der Waals surface area contributed by atoms with Crippen LogP contribution in [0, 0.1) is 6.92 Å². The Hall–Kier alpha value is -2.10. The van der Waals surface area contributed by atoms with Gasteiger partial charge in [0.2, 0.25) is 0 Å². The van der Waals surface area contributed by atoms with Crippen molar-refractivity contribution < 1.29 is 14.6 Å². The van der Waals surface area contributed by atoms with Crippen LogP contribution in [0.15, 0.2) is 18.2 Å². The number of rotatable bonds is 1. The average molecular weight is 243 g/mol. The van der Waals surface area contributed by atoms with E-state index in [1.54, 1.807) is 18.2 Å². The van der Waals surface area contributed by atoms with Crippen molar-refractivity contribution in [1.29, 1.82) is 0 Å². The Balaban J connectivity index is 2.32. The highest BCUT2D eigenvalue weighted by Crippen LogP contribution is 2.37. The summed E-state index contributed by atoms with van der Waals surface area (Å²) < 4.78 is 5.80. The number of ether oxygens (including phenoxy) is 1. The van der Waals surface area contributed by atoms with Crippen molar-refractivity contribution >= 4 is 16.9 Å². The van der Waals surface area contributed by atoms with Crippen LogP contribution in [-0.4, -0.2) is 22.2 Å². The molecule has 0 saturated carbocycles. The summed E-state index contributed by atoms with van der Waals surface area (Å²) >= 11 is 0. The maximum atomic E-state index is 11.0. The minimum atomic E-state index is -0.933. The Morgan fingerprint density at radius 1 is 1.50 bits per heavy atom. The van der Waals surface area contributed by atoms with Crippen molar-refractivity contribution in [3.63, 3.8) is 0 Å². The first kappa shape index (κ1) is 11.0.